The monoisotopic (exact) mass is 122 g/mol. The summed E-state index contributed by atoms with van der Waals surface area (Å²) in [4.78, 5) is 0. The molecule has 1 rings (SSSR count). The van der Waals surface area contributed by atoms with E-state index < -0.39 is 0 Å². The fourth-order valence-electron chi connectivity index (χ4n) is 0.804. The minimum absolute atomic E-state index is 0.956. The van der Waals surface area contributed by atoms with Crippen LogP contribution >= 0.6 is 0 Å². The first-order valence-corrected chi connectivity index (χ1v) is 3.04. The lowest BCUT2D eigenvalue weighted by molar-refractivity contribution is 0.530. The van der Waals surface area contributed by atoms with Crippen LogP contribution in [0.15, 0.2) is 16.7 Å². The summed E-state index contributed by atoms with van der Waals surface area (Å²) >= 11 is 0. The van der Waals surface area contributed by atoms with Crippen LogP contribution in [0.1, 0.15) is 13.8 Å². The molecule has 0 saturated heterocycles. The van der Waals surface area contributed by atoms with Crippen LogP contribution in [0.5, 0.6) is 0 Å². The second-order valence-electron chi connectivity index (χ2n) is 1.82. The van der Waals surface area contributed by atoms with Crippen molar-refractivity contribution in [2.45, 2.75) is 13.8 Å². The average molecular weight is 122 g/mol. The predicted octanol–water partition coefficient (Wildman–Crippen LogP) is 0.880. The fraction of sp³-hybridized carbons (Fsp3) is 0.250. The van der Waals surface area contributed by atoms with Crippen LogP contribution in [-0.2, 0) is 0 Å². The summed E-state index contributed by atoms with van der Waals surface area (Å²) in [5.74, 6) is 0. The molecule has 0 unspecified atom stereocenters. The van der Waals surface area contributed by atoms with Gasteiger partial charge in [-0.1, -0.05) is 6.08 Å². The van der Waals surface area contributed by atoms with Gasteiger partial charge in [-0.05, 0) is 26.0 Å². The van der Waals surface area contributed by atoms with Crippen LogP contribution in [0.3, 0.4) is 0 Å². The van der Waals surface area contributed by atoms with Gasteiger partial charge in [-0.25, -0.2) is 0 Å². The van der Waals surface area contributed by atoms with Gasteiger partial charge in [-0.15, -0.1) is 0 Å². The standard InChI is InChI=1S/C8H10O/c1-3-7-5-6-9-8(7)4-2/h3-6H,1-2H3. The van der Waals surface area contributed by atoms with Crippen LogP contribution < -0.4 is 10.6 Å². The summed E-state index contributed by atoms with van der Waals surface area (Å²) in [6, 6.07) is 1.95. The first kappa shape index (κ1) is 6.14. The molecule has 0 saturated carbocycles. The number of furan rings is 1. The van der Waals surface area contributed by atoms with Gasteiger partial charge in [0.2, 0.25) is 0 Å². The van der Waals surface area contributed by atoms with Crippen molar-refractivity contribution in [1.82, 2.24) is 0 Å². The zero-order valence-electron chi connectivity index (χ0n) is 5.72. The lowest BCUT2D eigenvalue weighted by Gasteiger charge is -1.71. The molecule has 0 fully saturated rings. The zero-order valence-corrected chi connectivity index (χ0v) is 5.72. The first-order valence-electron chi connectivity index (χ1n) is 3.04. The second-order valence-corrected chi connectivity index (χ2v) is 1.82. The van der Waals surface area contributed by atoms with E-state index in [0.29, 0.717) is 0 Å². The molecule has 0 aliphatic heterocycles. The molecule has 48 valence electrons. The van der Waals surface area contributed by atoms with Crippen molar-refractivity contribution in [2.75, 3.05) is 0 Å². The highest BCUT2D eigenvalue weighted by molar-refractivity contribution is 5.23. The van der Waals surface area contributed by atoms with Crippen LogP contribution in [0.4, 0.5) is 0 Å². The third-order valence-corrected chi connectivity index (χ3v) is 1.30. The smallest absolute Gasteiger partial charge is 0.129 e. The van der Waals surface area contributed by atoms with Gasteiger partial charge >= 0.3 is 0 Å². The molecule has 9 heavy (non-hydrogen) atoms. The summed E-state index contributed by atoms with van der Waals surface area (Å²) in [6.45, 7) is 3.96. The molecule has 0 spiro atoms. The van der Waals surface area contributed by atoms with E-state index in [1.165, 1.54) is 0 Å². The molecular weight excluding hydrogens is 112 g/mol. The molecule has 1 aromatic rings. The van der Waals surface area contributed by atoms with Crippen LogP contribution in [0.2, 0.25) is 0 Å². The van der Waals surface area contributed by atoms with Crippen molar-refractivity contribution in [3.05, 3.63) is 23.0 Å². The zero-order chi connectivity index (χ0) is 6.69. The Morgan fingerprint density at radius 3 is 2.56 bits per heavy atom. The van der Waals surface area contributed by atoms with E-state index in [1.54, 1.807) is 6.26 Å². The molecule has 1 aromatic heterocycles. The normalized spacial score (nSPS) is 14.9. The molecule has 1 nitrogen and oxygen atoms in total. The van der Waals surface area contributed by atoms with Crippen LogP contribution in [0.25, 0.3) is 12.2 Å². The Morgan fingerprint density at radius 1 is 1.33 bits per heavy atom. The van der Waals surface area contributed by atoms with E-state index in [1.807, 2.05) is 32.1 Å². The Hall–Kier alpha value is -0.980. The minimum Gasteiger partial charge on any atom is -0.465 e. The minimum atomic E-state index is 0.956. The maximum atomic E-state index is 5.12. The summed E-state index contributed by atoms with van der Waals surface area (Å²) in [7, 11) is 0. The van der Waals surface area contributed by atoms with Crippen molar-refractivity contribution in [3.63, 3.8) is 0 Å². The quantitative estimate of drug-likeness (QED) is 0.498. The Labute approximate surface area is 54.3 Å². The summed E-state index contributed by atoms with van der Waals surface area (Å²) in [5.41, 5.74) is 0.956. The predicted molar refractivity (Wildman–Crippen MR) is 38.2 cm³/mol. The van der Waals surface area contributed by atoms with Gasteiger partial charge in [-0.3, -0.25) is 0 Å². The summed E-state index contributed by atoms with van der Waals surface area (Å²) in [6.07, 6.45) is 5.68. The van der Waals surface area contributed by atoms with Crippen molar-refractivity contribution in [1.29, 1.82) is 0 Å². The molecule has 0 radical (unpaired) electrons. The Balaban J connectivity index is 3.50. The van der Waals surface area contributed by atoms with Gasteiger partial charge in [0, 0.05) is 5.22 Å². The summed E-state index contributed by atoms with van der Waals surface area (Å²) < 4.78 is 5.12. The van der Waals surface area contributed by atoms with Gasteiger partial charge in [0.15, 0.2) is 0 Å². The van der Waals surface area contributed by atoms with Crippen molar-refractivity contribution >= 4 is 12.2 Å². The van der Waals surface area contributed by atoms with Gasteiger partial charge in [0.1, 0.15) is 5.42 Å². The molecule has 0 aliphatic carbocycles. The highest BCUT2D eigenvalue weighted by Gasteiger charge is 1.81. The van der Waals surface area contributed by atoms with Crippen molar-refractivity contribution < 1.29 is 4.42 Å². The summed E-state index contributed by atoms with van der Waals surface area (Å²) in [5, 5.41) is 1.16. The van der Waals surface area contributed by atoms with Gasteiger partial charge in [0.25, 0.3) is 0 Å². The van der Waals surface area contributed by atoms with Crippen molar-refractivity contribution in [3.8, 4) is 0 Å². The van der Waals surface area contributed by atoms with E-state index in [0.717, 1.165) is 10.6 Å². The lowest BCUT2D eigenvalue weighted by Crippen LogP contribution is -2.17. The lowest BCUT2D eigenvalue weighted by atomic mass is 10.4. The van der Waals surface area contributed by atoms with E-state index in [9.17, 15) is 0 Å². The van der Waals surface area contributed by atoms with Crippen molar-refractivity contribution in [2.24, 2.45) is 0 Å². The number of rotatable bonds is 0. The molecule has 0 amide bonds. The third kappa shape index (κ3) is 1.04. The Kier molecular flexibility index (Phi) is 1.73. The largest absolute Gasteiger partial charge is 0.465 e. The fourth-order valence-corrected chi connectivity index (χ4v) is 0.804. The van der Waals surface area contributed by atoms with Gasteiger partial charge in [-0.2, -0.15) is 0 Å². The molecule has 1 heteroatoms. The van der Waals surface area contributed by atoms with Gasteiger partial charge in [0.05, 0.1) is 6.26 Å². The highest BCUT2D eigenvalue weighted by Crippen LogP contribution is 1.69. The van der Waals surface area contributed by atoms with Crippen LogP contribution in [0, 0.1) is 0 Å². The van der Waals surface area contributed by atoms with Crippen LogP contribution in [-0.4, -0.2) is 0 Å². The first-order chi connectivity index (χ1) is 4.38. The maximum absolute atomic E-state index is 5.12. The highest BCUT2D eigenvalue weighted by atomic mass is 16.3. The second kappa shape index (κ2) is 2.53. The SMILES string of the molecule is CC=c1ccoc1=CC. The molecule has 1 heterocycles. The van der Waals surface area contributed by atoms with E-state index in [2.05, 4.69) is 0 Å². The molecule has 0 aliphatic rings. The number of hydrogen-bond donors (Lipinski definition) is 0. The van der Waals surface area contributed by atoms with Gasteiger partial charge < -0.3 is 4.42 Å². The average Bonchev–Trinajstić information content (AvgIpc) is 2.33. The van der Waals surface area contributed by atoms with E-state index in [4.69, 9.17) is 4.42 Å². The molecular formula is C8H10O. The number of hydrogen-bond acceptors (Lipinski definition) is 1. The Bertz CT molecular complexity index is 251. The molecule has 0 atom stereocenters. The van der Waals surface area contributed by atoms with E-state index in [-0.39, 0.29) is 0 Å². The topological polar surface area (TPSA) is 13.1 Å². The Morgan fingerprint density at radius 2 is 2.11 bits per heavy atom. The van der Waals surface area contributed by atoms with E-state index >= 15 is 0 Å². The molecule has 0 N–H and O–H groups in total. The molecule has 0 bridgehead atoms. The maximum Gasteiger partial charge on any atom is 0.129 e. The third-order valence-electron chi connectivity index (χ3n) is 1.30. The molecule has 0 aromatic carbocycles.